The van der Waals surface area contributed by atoms with Crippen LogP contribution in [0.5, 0.6) is 0 Å². The van der Waals surface area contributed by atoms with E-state index >= 15 is 0 Å². The van der Waals surface area contributed by atoms with Crippen LogP contribution in [-0.2, 0) is 9.53 Å². The van der Waals surface area contributed by atoms with Gasteiger partial charge in [0.1, 0.15) is 5.76 Å². The highest BCUT2D eigenvalue weighted by atomic mass is 16.5. The second-order valence-corrected chi connectivity index (χ2v) is 2.58. The van der Waals surface area contributed by atoms with Crippen molar-refractivity contribution in [2.45, 2.75) is 13.3 Å². The molecule has 1 N–H and O–H groups in total. The summed E-state index contributed by atoms with van der Waals surface area (Å²) in [6.07, 6.45) is 0.322. The van der Waals surface area contributed by atoms with Gasteiger partial charge < -0.3 is 14.6 Å². The molecule has 1 heterocycles. The molecular formula is C8H12N2O3. The zero-order chi connectivity index (χ0) is 9.68. The van der Waals surface area contributed by atoms with Crippen molar-refractivity contribution < 1.29 is 14.1 Å². The van der Waals surface area contributed by atoms with Gasteiger partial charge in [-0.1, -0.05) is 5.16 Å². The van der Waals surface area contributed by atoms with Crippen molar-refractivity contribution in [1.29, 1.82) is 0 Å². The summed E-state index contributed by atoms with van der Waals surface area (Å²) in [5.41, 5.74) is 0. The van der Waals surface area contributed by atoms with Crippen LogP contribution in [0.25, 0.3) is 0 Å². The lowest BCUT2D eigenvalue weighted by molar-refractivity contribution is -0.140. The van der Waals surface area contributed by atoms with Crippen molar-refractivity contribution in [2.24, 2.45) is 0 Å². The number of aromatic nitrogens is 1. The molecule has 1 rings (SSSR count). The van der Waals surface area contributed by atoms with Gasteiger partial charge in [0.2, 0.25) is 0 Å². The molecule has 0 saturated heterocycles. The number of methoxy groups -OCH3 is 1. The Bertz CT molecular complexity index is 283. The van der Waals surface area contributed by atoms with Gasteiger partial charge in [0.25, 0.3) is 0 Å². The van der Waals surface area contributed by atoms with E-state index in [1.165, 1.54) is 7.11 Å². The van der Waals surface area contributed by atoms with Gasteiger partial charge in [-0.25, -0.2) is 0 Å². The summed E-state index contributed by atoms with van der Waals surface area (Å²) >= 11 is 0. The molecule has 1 aromatic heterocycles. The molecule has 1 aromatic rings. The molecule has 0 aliphatic rings. The topological polar surface area (TPSA) is 64.4 Å². The quantitative estimate of drug-likeness (QED) is 0.706. The number of nitrogens with one attached hydrogen (secondary N) is 1. The number of carbonyl (C=O) groups is 1. The molecule has 0 fully saturated rings. The average Bonchev–Trinajstić information content (AvgIpc) is 2.51. The van der Waals surface area contributed by atoms with Crippen LogP contribution < -0.4 is 5.32 Å². The summed E-state index contributed by atoms with van der Waals surface area (Å²) in [5, 5.41) is 6.63. The molecule has 0 unspecified atom stereocenters. The van der Waals surface area contributed by atoms with Gasteiger partial charge >= 0.3 is 5.97 Å². The molecule has 13 heavy (non-hydrogen) atoms. The Hall–Kier alpha value is -1.52. The van der Waals surface area contributed by atoms with E-state index in [2.05, 4.69) is 15.2 Å². The zero-order valence-corrected chi connectivity index (χ0v) is 7.66. The second kappa shape index (κ2) is 4.49. The highest BCUT2D eigenvalue weighted by Crippen LogP contribution is 2.06. The molecule has 0 aromatic carbocycles. The van der Waals surface area contributed by atoms with Gasteiger partial charge in [0, 0.05) is 12.6 Å². The Balaban J connectivity index is 2.24. The van der Waals surface area contributed by atoms with E-state index in [4.69, 9.17) is 4.52 Å². The third-order valence-corrected chi connectivity index (χ3v) is 1.49. The summed E-state index contributed by atoms with van der Waals surface area (Å²) in [4.78, 5) is 10.7. The van der Waals surface area contributed by atoms with Crippen LogP contribution in [-0.4, -0.2) is 24.8 Å². The molecular weight excluding hydrogens is 172 g/mol. The molecule has 0 aliphatic carbocycles. The predicted molar refractivity (Wildman–Crippen MR) is 46.4 cm³/mol. The first-order chi connectivity index (χ1) is 6.22. The number of hydrogen-bond donors (Lipinski definition) is 1. The number of anilines is 1. The van der Waals surface area contributed by atoms with Crippen molar-refractivity contribution in [3.05, 3.63) is 11.8 Å². The van der Waals surface area contributed by atoms with Crippen LogP contribution in [0.2, 0.25) is 0 Å². The van der Waals surface area contributed by atoms with Gasteiger partial charge in [-0.2, -0.15) is 0 Å². The van der Waals surface area contributed by atoms with Crippen LogP contribution >= 0.6 is 0 Å². The Kier molecular flexibility index (Phi) is 3.31. The third kappa shape index (κ3) is 3.14. The minimum atomic E-state index is -0.243. The Morgan fingerprint density at radius 1 is 1.77 bits per heavy atom. The summed E-state index contributed by atoms with van der Waals surface area (Å²) in [5.74, 6) is 1.13. The normalized spacial score (nSPS) is 9.69. The van der Waals surface area contributed by atoms with Gasteiger partial charge in [-0.3, -0.25) is 4.79 Å². The van der Waals surface area contributed by atoms with Crippen LogP contribution in [0.4, 0.5) is 5.82 Å². The standard InChI is InChI=1S/C8H12N2O3/c1-6-5-7(10-13-6)9-4-3-8(11)12-2/h5H,3-4H2,1-2H3,(H,9,10). The lowest BCUT2D eigenvalue weighted by Gasteiger charge is -1.99. The molecule has 0 atom stereocenters. The van der Waals surface area contributed by atoms with Crippen molar-refractivity contribution in [2.75, 3.05) is 19.0 Å². The average molecular weight is 184 g/mol. The fourth-order valence-corrected chi connectivity index (χ4v) is 0.844. The minimum absolute atomic E-state index is 0.243. The van der Waals surface area contributed by atoms with E-state index in [0.717, 1.165) is 5.76 Å². The summed E-state index contributed by atoms with van der Waals surface area (Å²) < 4.78 is 9.29. The number of aryl methyl sites for hydroxylation is 1. The molecule has 72 valence electrons. The minimum Gasteiger partial charge on any atom is -0.469 e. The van der Waals surface area contributed by atoms with E-state index in [9.17, 15) is 4.79 Å². The number of rotatable bonds is 4. The van der Waals surface area contributed by atoms with E-state index in [1.807, 2.05) is 0 Å². The smallest absolute Gasteiger partial charge is 0.307 e. The van der Waals surface area contributed by atoms with E-state index < -0.39 is 0 Å². The van der Waals surface area contributed by atoms with E-state index in [-0.39, 0.29) is 5.97 Å². The number of hydrogen-bond acceptors (Lipinski definition) is 5. The largest absolute Gasteiger partial charge is 0.469 e. The molecule has 5 nitrogen and oxygen atoms in total. The van der Waals surface area contributed by atoms with Crippen molar-refractivity contribution in [3.8, 4) is 0 Å². The molecule has 0 spiro atoms. The SMILES string of the molecule is COC(=O)CCNc1cc(C)on1. The highest BCUT2D eigenvalue weighted by molar-refractivity contribution is 5.69. The van der Waals surface area contributed by atoms with E-state index in [0.29, 0.717) is 18.8 Å². The number of carbonyl (C=O) groups excluding carboxylic acids is 1. The first kappa shape index (κ1) is 9.57. The third-order valence-electron chi connectivity index (χ3n) is 1.49. The van der Waals surface area contributed by atoms with Crippen LogP contribution in [0.1, 0.15) is 12.2 Å². The maximum absolute atomic E-state index is 10.7. The Labute approximate surface area is 76.0 Å². The molecule has 0 aliphatic heterocycles. The van der Waals surface area contributed by atoms with Crippen molar-refractivity contribution >= 4 is 11.8 Å². The highest BCUT2D eigenvalue weighted by Gasteiger charge is 2.01. The predicted octanol–water partition coefficient (Wildman–Crippen LogP) is 0.958. The summed E-state index contributed by atoms with van der Waals surface area (Å²) in [6.45, 7) is 2.30. The first-order valence-electron chi connectivity index (χ1n) is 3.96. The summed E-state index contributed by atoms with van der Waals surface area (Å²) in [6, 6.07) is 1.76. The molecule has 0 bridgehead atoms. The van der Waals surface area contributed by atoms with Crippen LogP contribution in [0.15, 0.2) is 10.6 Å². The fourth-order valence-electron chi connectivity index (χ4n) is 0.844. The monoisotopic (exact) mass is 184 g/mol. The lowest BCUT2D eigenvalue weighted by Crippen LogP contribution is -2.09. The number of esters is 1. The summed E-state index contributed by atoms with van der Waals surface area (Å²) in [7, 11) is 1.36. The van der Waals surface area contributed by atoms with Crippen molar-refractivity contribution in [3.63, 3.8) is 0 Å². The van der Waals surface area contributed by atoms with Crippen LogP contribution in [0, 0.1) is 6.92 Å². The van der Waals surface area contributed by atoms with Crippen molar-refractivity contribution in [1.82, 2.24) is 5.16 Å². The van der Waals surface area contributed by atoms with E-state index in [1.54, 1.807) is 13.0 Å². The number of nitrogens with zero attached hydrogens (tertiary/aromatic N) is 1. The number of ether oxygens (including phenoxy) is 1. The maximum Gasteiger partial charge on any atom is 0.307 e. The lowest BCUT2D eigenvalue weighted by atomic mass is 10.4. The molecule has 0 saturated carbocycles. The van der Waals surface area contributed by atoms with Crippen LogP contribution in [0.3, 0.4) is 0 Å². The Morgan fingerprint density at radius 3 is 3.08 bits per heavy atom. The van der Waals surface area contributed by atoms with Gasteiger partial charge in [-0.15, -0.1) is 0 Å². The fraction of sp³-hybridized carbons (Fsp3) is 0.500. The zero-order valence-electron chi connectivity index (χ0n) is 7.66. The molecule has 5 heteroatoms. The maximum atomic E-state index is 10.7. The van der Waals surface area contributed by atoms with Gasteiger partial charge in [-0.05, 0) is 6.92 Å². The van der Waals surface area contributed by atoms with Gasteiger partial charge in [0.05, 0.1) is 13.5 Å². The Morgan fingerprint density at radius 2 is 2.54 bits per heavy atom. The van der Waals surface area contributed by atoms with Gasteiger partial charge in [0.15, 0.2) is 5.82 Å². The molecule has 0 amide bonds. The molecule has 0 radical (unpaired) electrons. The second-order valence-electron chi connectivity index (χ2n) is 2.58. The first-order valence-corrected chi connectivity index (χ1v) is 3.96.